The number of sulfonamides is 1. The van der Waals surface area contributed by atoms with Gasteiger partial charge in [-0.15, -0.1) is 17.9 Å². The average molecular weight is 508 g/mol. The number of pyridine rings is 1. The molecular formula is C18H17ClF3N5O3S2. The second-order valence-corrected chi connectivity index (χ2v) is 9.95. The molecule has 172 valence electrons. The van der Waals surface area contributed by atoms with Crippen LogP contribution in [-0.2, 0) is 21.7 Å². The number of aliphatic hydroxyl groups is 1. The summed E-state index contributed by atoms with van der Waals surface area (Å²) in [6, 6.07) is 4.53. The summed E-state index contributed by atoms with van der Waals surface area (Å²) in [5, 5.41) is 13.0. The van der Waals surface area contributed by atoms with Crippen LogP contribution in [0.1, 0.15) is 21.7 Å². The van der Waals surface area contributed by atoms with Crippen molar-refractivity contribution in [1.29, 1.82) is 0 Å². The van der Waals surface area contributed by atoms with Crippen molar-refractivity contribution in [2.24, 2.45) is 10.7 Å². The summed E-state index contributed by atoms with van der Waals surface area (Å²) in [4.78, 5) is 8.09. The number of thiophene rings is 1. The number of nitrogens with one attached hydrogen (secondary N) is 1. The molecule has 0 amide bonds. The lowest BCUT2D eigenvalue weighted by molar-refractivity contribution is -0.141. The molecule has 1 unspecified atom stereocenters. The molecule has 0 aromatic carbocycles. The van der Waals surface area contributed by atoms with Crippen molar-refractivity contribution in [2.75, 3.05) is 11.1 Å². The minimum atomic E-state index is -4.65. The molecule has 2 aromatic rings. The van der Waals surface area contributed by atoms with Crippen molar-refractivity contribution in [2.45, 2.75) is 17.9 Å². The van der Waals surface area contributed by atoms with E-state index in [1.165, 1.54) is 18.2 Å². The number of guanidine groups is 1. The van der Waals surface area contributed by atoms with Gasteiger partial charge >= 0.3 is 6.18 Å². The largest absolute Gasteiger partial charge is 0.433 e. The Morgan fingerprint density at radius 3 is 2.66 bits per heavy atom. The summed E-state index contributed by atoms with van der Waals surface area (Å²) < 4.78 is 64.6. The Hall–Kier alpha value is -2.61. The van der Waals surface area contributed by atoms with Crippen molar-refractivity contribution in [3.63, 3.8) is 0 Å². The number of anilines is 1. The number of aliphatic hydroxyl groups excluding tert-OH is 1. The van der Waals surface area contributed by atoms with Crippen molar-refractivity contribution in [3.8, 4) is 0 Å². The highest BCUT2D eigenvalue weighted by Gasteiger charge is 2.44. The fourth-order valence-corrected chi connectivity index (χ4v) is 6.24. The zero-order valence-corrected chi connectivity index (χ0v) is 18.6. The third-order valence-electron chi connectivity index (χ3n) is 4.44. The third-order valence-corrected chi connectivity index (χ3v) is 7.94. The fourth-order valence-electron chi connectivity index (χ4n) is 3.00. The molecule has 3 rings (SSSR count). The highest BCUT2D eigenvalue weighted by Crippen LogP contribution is 2.44. The van der Waals surface area contributed by atoms with E-state index in [9.17, 15) is 26.7 Å². The van der Waals surface area contributed by atoms with E-state index in [4.69, 9.17) is 17.3 Å². The predicted molar refractivity (Wildman–Crippen MR) is 116 cm³/mol. The van der Waals surface area contributed by atoms with Gasteiger partial charge in [-0.3, -0.25) is 0 Å². The van der Waals surface area contributed by atoms with Crippen molar-refractivity contribution in [1.82, 2.24) is 9.29 Å². The molecule has 0 spiro atoms. The van der Waals surface area contributed by atoms with Gasteiger partial charge in [0.15, 0.2) is 6.23 Å². The Morgan fingerprint density at radius 2 is 2.09 bits per heavy atom. The number of aliphatic imine (C=N–C) groups is 1. The van der Waals surface area contributed by atoms with Crippen molar-refractivity contribution >= 4 is 44.7 Å². The summed E-state index contributed by atoms with van der Waals surface area (Å²) in [5.74, 6) is -1.11. The normalized spacial score (nSPS) is 21.5. The van der Waals surface area contributed by atoms with Crippen LogP contribution in [0.3, 0.4) is 0 Å². The molecule has 8 nitrogen and oxygen atoms in total. The van der Waals surface area contributed by atoms with Crippen LogP contribution in [0.15, 0.2) is 54.7 Å². The van der Waals surface area contributed by atoms with Crippen molar-refractivity contribution in [3.05, 3.63) is 70.2 Å². The summed E-state index contributed by atoms with van der Waals surface area (Å²) >= 11 is 7.21. The predicted octanol–water partition coefficient (Wildman–Crippen LogP) is 3.40. The molecule has 14 heteroatoms. The quantitative estimate of drug-likeness (QED) is 0.407. The zero-order valence-electron chi connectivity index (χ0n) is 16.2. The molecule has 3 heterocycles. The SMILES string of the molecule is C=CN1C(N)=N[C@](C=C)(c2sc(C(O)Nc3cccc(C(F)(F)F)n3)cc2Cl)CS1(=O)=O. The van der Waals surface area contributed by atoms with E-state index in [1.807, 2.05) is 0 Å². The molecule has 0 radical (unpaired) electrons. The topological polar surface area (TPSA) is 121 Å². The number of alkyl halides is 3. The molecule has 0 fully saturated rings. The number of halogens is 4. The highest BCUT2D eigenvalue weighted by molar-refractivity contribution is 7.89. The van der Waals surface area contributed by atoms with Gasteiger partial charge in [-0.1, -0.05) is 30.3 Å². The van der Waals surface area contributed by atoms with Gasteiger partial charge < -0.3 is 16.2 Å². The minimum Gasteiger partial charge on any atom is -0.369 e. The number of nitrogens with two attached hydrogens (primary N) is 1. The lowest BCUT2D eigenvalue weighted by Gasteiger charge is -2.34. The maximum absolute atomic E-state index is 12.9. The monoisotopic (exact) mass is 507 g/mol. The van der Waals surface area contributed by atoms with Crippen LogP contribution in [0.25, 0.3) is 0 Å². The molecule has 1 aliphatic rings. The average Bonchev–Trinajstić information content (AvgIpc) is 3.09. The maximum Gasteiger partial charge on any atom is 0.433 e. The smallest absolute Gasteiger partial charge is 0.369 e. The number of nitrogens with zero attached hydrogens (tertiary/aromatic N) is 3. The van der Waals surface area contributed by atoms with E-state index in [0.29, 0.717) is 0 Å². The Balaban J connectivity index is 1.96. The standard InChI is InChI=1S/C18H17ClF3N5O3S2/c1-3-17(9-32(29,30)27(4-2)16(23)26-17)14-10(19)8-11(31-14)15(28)25-13-7-5-6-12(24-13)18(20,21)22/h3-8,15,28H,1-2,9H2,(H2,23,26)(H,24,25)/t15?,17-/m0/s1. The zero-order chi connectivity index (χ0) is 23.9. The van der Waals surface area contributed by atoms with E-state index in [2.05, 4.69) is 28.5 Å². The fraction of sp³-hybridized carbons (Fsp3) is 0.222. The molecule has 0 saturated heterocycles. The Labute approximate surface area is 190 Å². The van der Waals surface area contributed by atoms with Gasteiger partial charge in [0.05, 0.1) is 14.8 Å². The van der Waals surface area contributed by atoms with Gasteiger partial charge in [-0.25, -0.2) is 22.7 Å². The number of rotatable bonds is 6. The first-order valence-corrected chi connectivity index (χ1v) is 11.6. The summed E-state index contributed by atoms with van der Waals surface area (Å²) in [5.41, 5.74) is 3.14. The van der Waals surface area contributed by atoms with E-state index in [1.54, 1.807) is 0 Å². The van der Waals surface area contributed by atoms with Crippen LogP contribution in [-0.4, -0.2) is 34.5 Å². The number of hydrogen-bond acceptors (Lipinski definition) is 8. The van der Waals surface area contributed by atoms with Gasteiger partial charge in [0.25, 0.3) is 0 Å². The molecule has 0 bridgehead atoms. The van der Waals surface area contributed by atoms with Crippen LogP contribution in [0, 0.1) is 0 Å². The Bertz CT molecular complexity index is 1200. The van der Waals surface area contributed by atoms with Gasteiger partial charge in [-0.05, 0) is 18.2 Å². The van der Waals surface area contributed by atoms with Gasteiger partial charge in [0.1, 0.15) is 22.8 Å². The van der Waals surface area contributed by atoms with E-state index < -0.39 is 39.4 Å². The molecule has 4 N–H and O–H groups in total. The Morgan fingerprint density at radius 1 is 1.41 bits per heavy atom. The van der Waals surface area contributed by atoms with Crippen LogP contribution < -0.4 is 11.1 Å². The van der Waals surface area contributed by atoms with Crippen LogP contribution in [0.5, 0.6) is 0 Å². The van der Waals surface area contributed by atoms with Crippen LogP contribution in [0.4, 0.5) is 19.0 Å². The first-order chi connectivity index (χ1) is 14.8. The first kappa shape index (κ1) is 24.0. The summed E-state index contributed by atoms with van der Waals surface area (Å²) in [7, 11) is -3.94. The molecule has 32 heavy (non-hydrogen) atoms. The second-order valence-electron chi connectivity index (χ2n) is 6.61. The molecule has 0 saturated carbocycles. The highest BCUT2D eigenvalue weighted by atomic mass is 35.5. The minimum absolute atomic E-state index is 0.0709. The maximum atomic E-state index is 12.9. The van der Waals surface area contributed by atoms with Gasteiger partial charge in [0, 0.05) is 6.20 Å². The molecule has 2 atom stereocenters. The second kappa shape index (κ2) is 8.39. The van der Waals surface area contributed by atoms with E-state index in [-0.39, 0.29) is 26.6 Å². The van der Waals surface area contributed by atoms with Crippen LogP contribution >= 0.6 is 22.9 Å². The molecule has 0 aliphatic carbocycles. The first-order valence-electron chi connectivity index (χ1n) is 8.75. The third kappa shape index (κ3) is 4.46. The number of hydrogen-bond donors (Lipinski definition) is 3. The molecule has 2 aromatic heterocycles. The lowest BCUT2D eigenvalue weighted by atomic mass is 10.0. The van der Waals surface area contributed by atoms with Gasteiger partial charge in [-0.2, -0.15) is 13.2 Å². The summed E-state index contributed by atoms with van der Waals surface area (Å²) in [6.45, 7) is 7.06. The Kier molecular flexibility index (Phi) is 6.30. The summed E-state index contributed by atoms with van der Waals surface area (Å²) in [6.07, 6.45) is -3.86. The lowest BCUT2D eigenvalue weighted by Crippen LogP contribution is -2.49. The van der Waals surface area contributed by atoms with Crippen LogP contribution in [0.2, 0.25) is 5.02 Å². The van der Waals surface area contributed by atoms with Gasteiger partial charge in [0.2, 0.25) is 16.0 Å². The van der Waals surface area contributed by atoms with E-state index in [0.717, 1.165) is 34.0 Å². The molecular weight excluding hydrogens is 491 g/mol. The molecule has 1 aliphatic heterocycles. The van der Waals surface area contributed by atoms with Crippen molar-refractivity contribution < 1.29 is 26.7 Å². The number of aromatic nitrogens is 1. The van der Waals surface area contributed by atoms with E-state index >= 15 is 0 Å².